The summed E-state index contributed by atoms with van der Waals surface area (Å²) in [6.07, 6.45) is 0.541. The minimum atomic E-state index is 0.395. The maximum atomic E-state index is 5.76. The lowest BCUT2D eigenvalue weighted by molar-refractivity contribution is 0.355. The summed E-state index contributed by atoms with van der Waals surface area (Å²) in [5.41, 5.74) is 8.15. The molecule has 0 amide bonds. The quantitative estimate of drug-likeness (QED) is 0.729. The minimum Gasteiger partial charge on any atom is -0.493 e. The number of benzene rings is 2. The zero-order valence-electron chi connectivity index (χ0n) is 12.9. The summed E-state index contributed by atoms with van der Waals surface area (Å²) in [4.78, 5) is 0. The average molecular weight is 311 g/mol. The van der Waals surface area contributed by atoms with Crippen molar-refractivity contribution in [2.45, 2.75) is 6.42 Å². The van der Waals surface area contributed by atoms with E-state index in [9.17, 15) is 0 Å². The third-order valence-electron chi connectivity index (χ3n) is 3.44. The van der Waals surface area contributed by atoms with Crippen LogP contribution in [0.3, 0.4) is 0 Å². The Labute approximate surface area is 133 Å². The van der Waals surface area contributed by atoms with Crippen molar-refractivity contribution in [3.8, 4) is 23.0 Å². The highest BCUT2D eigenvalue weighted by Gasteiger charge is 2.17. The number of methoxy groups -OCH3 is 2. The molecule has 0 bridgehead atoms. The Hall–Kier alpha value is -3.02. The van der Waals surface area contributed by atoms with E-state index in [1.54, 1.807) is 14.2 Å². The molecule has 1 aromatic heterocycles. The van der Waals surface area contributed by atoms with Crippen LogP contribution in [0.15, 0.2) is 46.9 Å². The van der Waals surface area contributed by atoms with Gasteiger partial charge in [0.15, 0.2) is 11.5 Å². The van der Waals surface area contributed by atoms with Crippen molar-refractivity contribution in [2.75, 3.05) is 20.0 Å². The Bertz CT molecular complexity index is 797. The largest absolute Gasteiger partial charge is 0.493 e. The van der Waals surface area contributed by atoms with Crippen molar-refractivity contribution in [3.63, 3.8) is 0 Å². The van der Waals surface area contributed by atoms with Gasteiger partial charge in [-0.1, -0.05) is 18.2 Å². The molecule has 0 fully saturated rings. The Morgan fingerprint density at radius 3 is 2.48 bits per heavy atom. The van der Waals surface area contributed by atoms with E-state index in [0.717, 1.165) is 11.3 Å². The first-order valence-electron chi connectivity index (χ1n) is 7.09. The molecule has 1 heterocycles. The number of ether oxygens (including phenoxy) is 2. The Kier molecular flexibility index (Phi) is 4.14. The van der Waals surface area contributed by atoms with E-state index < -0.39 is 0 Å². The van der Waals surface area contributed by atoms with Crippen molar-refractivity contribution in [1.29, 1.82) is 0 Å². The number of hydrogen-bond donors (Lipinski definition) is 1. The summed E-state index contributed by atoms with van der Waals surface area (Å²) >= 11 is 0. The summed E-state index contributed by atoms with van der Waals surface area (Å²) in [6.45, 7) is 0. The third kappa shape index (κ3) is 3.11. The van der Waals surface area contributed by atoms with E-state index in [0.29, 0.717) is 35.3 Å². The lowest BCUT2D eigenvalue weighted by Crippen LogP contribution is -1.93. The molecule has 0 aliphatic carbocycles. The molecule has 3 rings (SSSR count). The van der Waals surface area contributed by atoms with Gasteiger partial charge in [-0.05, 0) is 29.8 Å². The van der Waals surface area contributed by atoms with Gasteiger partial charge in [0.1, 0.15) is 0 Å². The van der Waals surface area contributed by atoms with Crippen molar-refractivity contribution >= 4 is 5.69 Å². The number of anilines is 1. The topological polar surface area (TPSA) is 83.4 Å². The molecule has 118 valence electrons. The first-order chi connectivity index (χ1) is 11.2. The number of nitrogens with zero attached hydrogens (tertiary/aromatic N) is 2. The van der Waals surface area contributed by atoms with Gasteiger partial charge in [0.25, 0.3) is 5.89 Å². The summed E-state index contributed by atoms with van der Waals surface area (Å²) in [5.74, 6) is 2.10. The van der Waals surface area contributed by atoms with E-state index in [1.807, 2.05) is 42.5 Å². The number of hydrogen-bond acceptors (Lipinski definition) is 6. The molecule has 0 spiro atoms. The van der Waals surface area contributed by atoms with Gasteiger partial charge in [-0.3, -0.25) is 0 Å². The highest BCUT2D eigenvalue weighted by atomic mass is 16.5. The molecule has 0 unspecified atom stereocenters. The van der Waals surface area contributed by atoms with E-state index >= 15 is 0 Å². The number of nitrogens with two attached hydrogens (primary N) is 1. The molecule has 6 nitrogen and oxygen atoms in total. The molecule has 6 heteroatoms. The third-order valence-corrected chi connectivity index (χ3v) is 3.44. The van der Waals surface area contributed by atoms with Gasteiger partial charge in [0, 0.05) is 5.69 Å². The van der Waals surface area contributed by atoms with Gasteiger partial charge >= 0.3 is 0 Å². The lowest BCUT2D eigenvalue weighted by Gasteiger charge is -2.09. The average Bonchev–Trinajstić information content (AvgIpc) is 3.04. The van der Waals surface area contributed by atoms with E-state index in [-0.39, 0.29) is 0 Å². The summed E-state index contributed by atoms with van der Waals surface area (Å²) in [5, 5.41) is 8.20. The van der Waals surface area contributed by atoms with Crippen molar-refractivity contribution in [1.82, 2.24) is 10.2 Å². The molecule has 0 radical (unpaired) electrons. The molecule has 23 heavy (non-hydrogen) atoms. The first kappa shape index (κ1) is 14.9. The zero-order chi connectivity index (χ0) is 16.2. The predicted octanol–water partition coefficient (Wildman–Crippen LogP) is 2.93. The minimum absolute atomic E-state index is 0.395. The molecule has 0 aliphatic heterocycles. The highest BCUT2D eigenvalue weighted by molar-refractivity contribution is 5.67. The van der Waals surface area contributed by atoms with Crippen LogP contribution >= 0.6 is 0 Å². The molecular formula is C17H17N3O3. The highest BCUT2D eigenvalue weighted by Crippen LogP contribution is 2.37. The number of aromatic nitrogens is 2. The van der Waals surface area contributed by atoms with Gasteiger partial charge in [-0.15, -0.1) is 10.2 Å². The van der Waals surface area contributed by atoms with E-state index in [4.69, 9.17) is 19.6 Å². The first-order valence-corrected chi connectivity index (χ1v) is 7.09. The Morgan fingerprint density at radius 1 is 1.00 bits per heavy atom. The molecule has 2 N–H and O–H groups in total. The van der Waals surface area contributed by atoms with Crippen LogP contribution in [-0.2, 0) is 6.42 Å². The van der Waals surface area contributed by atoms with Crippen LogP contribution < -0.4 is 15.2 Å². The predicted molar refractivity (Wildman–Crippen MR) is 86.5 cm³/mol. The fraction of sp³-hybridized carbons (Fsp3) is 0.176. The van der Waals surface area contributed by atoms with E-state index in [1.165, 1.54) is 0 Å². The molecule has 3 aromatic rings. The standard InChI is InChI=1S/C17H17N3O3/c1-21-14-5-3-4-13(16(14)22-2)17-20-19-15(23-17)10-11-6-8-12(18)9-7-11/h3-9H,10,18H2,1-2H3. The van der Waals surface area contributed by atoms with Crippen LogP contribution in [0.1, 0.15) is 11.5 Å². The summed E-state index contributed by atoms with van der Waals surface area (Å²) in [7, 11) is 3.16. The SMILES string of the molecule is COc1cccc(-c2nnc(Cc3ccc(N)cc3)o2)c1OC. The van der Waals surface area contributed by atoms with Gasteiger partial charge in [-0.25, -0.2) is 0 Å². The fourth-order valence-corrected chi connectivity index (χ4v) is 2.30. The fourth-order valence-electron chi connectivity index (χ4n) is 2.30. The molecule has 0 saturated heterocycles. The van der Waals surface area contributed by atoms with Crippen LogP contribution in [0, 0.1) is 0 Å². The molecule has 0 saturated carbocycles. The van der Waals surface area contributed by atoms with Crippen LogP contribution in [0.4, 0.5) is 5.69 Å². The number of rotatable bonds is 5. The van der Waals surface area contributed by atoms with Gasteiger partial charge in [-0.2, -0.15) is 0 Å². The van der Waals surface area contributed by atoms with Crippen LogP contribution in [0.2, 0.25) is 0 Å². The van der Waals surface area contributed by atoms with Gasteiger partial charge in [0.05, 0.1) is 26.2 Å². The van der Waals surface area contributed by atoms with Crippen LogP contribution in [0.5, 0.6) is 11.5 Å². The second-order valence-electron chi connectivity index (χ2n) is 4.96. The number of nitrogen functional groups attached to an aromatic ring is 1. The van der Waals surface area contributed by atoms with E-state index in [2.05, 4.69) is 10.2 Å². The maximum Gasteiger partial charge on any atom is 0.251 e. The van der Waals surface area contributed by atoms with Crippen molar-refractivity contribution in [2.24, 2.45) is 0 Å². The lowest BCUT2D eigenvalue weighted by atomic mass is 10.1. The van der Waals surface area contributed by atoms with Crippen LogP contribution in [0.25, 0.3) is 11.5 Å². The Balaban J connectivity index is 1.89. The molecular weight excluding hydrogens is 294 g/mol. The van der Waals surface area contributed by atoms with Crippen molar-refractivity contribution < 1.29 is 13.9 Å². The summed E-state index contributed by atoms with van der Waals surface area (Å²) < 4.78 is 16.4. The zero-order valence-corrected chi connectivity index (χ0v) is 12.9. The second-order valence-corrected chi connectivity index (χ2v) is 4.96. The van der Waals surface area contributed by atoms with Gasteiger partial charge < -0.3 is 19.6 Å². The van der Waals surface area contributed by atoms with Gasteiger partial charge in [0.2, 0.25) is 5.89 Å². The summed E-state index contributed by atoms with van der Waals surface area (Å²) in [6, 6.07) is 13.1. The second kappa shape index (κ2) is 6.39. The smallest absolute Gasteiger partial charge is 0.251 e. The molecule has 0 aliphatic rings. The number of para-hydroxylation sites is 1. The Morgan fingerprint density at radius 2 is 1.78 bits per heavy atom. The normalized spacial score (nSPS) is 10.5. The van der Waals surface area contributed by atoms with Crippen molar-refractivity contribution in [3.05, 3.63) is 53.9 Å². The monoisotopic (exact) mass is 311 g/mol. The molecule has 0 atom stereocenters. The van der Waals surface area contributed by atoms with Crippen LogP contribution in [-0.4, -0.2) is 24.4 Å². The molecule has 2 aromatic carbocycles. The maximum absolute atomic E-state index is 5.76.